The molecule has 0 saturated heterocycles. The van der Waals surface area contributed by atoms with Crippen molar-refractivity contribution in [3.05, 3.63) is 54.5 Å². The Kier molecular flexibility index (Phi) is 10.2. The zero-order valence-electron chi connectivity index (χ0n) is 24.3. The molecule has 42 heavy (non-hydrogen) atoms. The van der Waals surface area contributed by atoms with Crippen LogP contribution in [-0.4, -0.2) is 68.3 Å². The Balaban J connectivity index is 1.49. The van der Waals surface area contributed by atoms with E-state index in [2.05, 4.69) is 22.1 Å². The van der Waals surface area contributed by atoms with E-state index in [1.807, 2.05) is 0 Å². The van der Waals surface area contributed by atoms with Gasteiger partial charge in [-0.15, -0.1) is 0 Å². The summed E-state index contributed by atoms with van der Waals surface area (Å²) in [5.74, 6) is 0.440. The Morgan fingerprint density at radius 1 is 1.19 bits per heavy atom. The zero-order chi connectivity index (χ0) is 30.5. The average Bonchev–Trinajstić information content (AvgIpc) is 3.42. The van der Waals surface area contributed by atoms with E-state index in [-0.39, 0.29) is 23.4 Å². The van der Waals surface area contributed by atoms with Crippen molar-refractivity contribution in [3.8, 4) is 5.75 Å². The van der Waals surface area contributed by atoms with E-state index in [1.54, 1.807) is 42.5 Å². The number of ether oxygens (including phenoxy) is 2. The number of carbonyl (C=O) groups is 1. The summed E-state index contributed by atoms with van der Waals surface area (Å²) in [5.41, 5.74) is 4.97. The molecule has 0 amide bonds. The van der Waals surface area contributed by atoms with Gasteiger partial charge in [0.05, 0.1) is 12.3 Å². The lowest BCUT2D eigenvalue weighted by atomic mass is 9.89. The van der Waals surface area contributed by atoms with E-state index in [0.717, 1.165) is 25.7 Å². The number of aliphatic hydroxyl groups excluding tert-OH is 2. The number of para-hydroxylation sites is 1. The maximum Gasteiger partial charge on any atom is 0.459 e. The Morgan fingerprint density at radius 3 is 2.55 bits per heavy atom. The van der Waals surface area contributed by atoms with Crippen LogP contribution in [0.15, 0.2) is 48.8 Å². The molecule has 1 saturated carbocycles. The number of fused-ring (bicyclic) bond motifs is 1. The van der Waals surface area contributed by atoms with Crippen LogP contribution >= 0.6 is 7.75 Å². The third-order valence-corrected chi connectivity index (χ3v) is 9.27. The fourth-order valence-electron chi connectivity index (χ4n) is 4.78. The third kappa shape index (κ3) is 7.47. The van der Waals surface area contributed by atoms with Crippen molar-refractivity contribution in [2.75, 3.05) is 19.5 Å². The summed E-state index contributed by atoms with van der Waals surface area (Å²) in [6.45, 7) is 4.67. The molecule has 5 atom stereocenters. The van der Waals surface area contributed by atoms with Gasteiger partial charge in [0.25, 0.3) is 0 Å². The smallest absolute Gasteiger partial charge is 0.459 e. The molecule has 5 N–H and O–H groups in total. The van der Waals surface area contributed by atoms with Crippen LogP contribution in [0.4, 0.5) is 5.82 Å². The first kappa shape index (κ1) is 31.9. The molecular formula is C28H40N5O8P. The minimum Gasteiger partial charge on any atom is -0.461 e. The number of hydrogen-bond acceptors (Lipinski definition) is 11. The van der Waals surface area contributed by atoms with Crippen molar-refractivity contribution in [2.45, 2.75) is 76.4 Å². The number of hydrogen-bond donors (Lipinski definition) is 4. The number of rotatable bonds is 13. The van der Waals surface area contributed by atoms with Crippen molar-refractivity contribution in [3.63, 3.8) is 0 Å². The van der Waals surface area contributed by atoms with Crippen LogP contribution in [0.1, 0.15) is 58.3 Å². The summed E-state index contributed by atoms with van der Waals surface area (Å²) in [6.07, 6.45) is 1.43. The standard InChI is InChI=1S/C28H40N5O8P/c1-18-10-12-20(13-11-18)40-27(36)19(2)32-42(37,41-21-8-6-5-7-9-21)39-16-28(3,38-4)25(35)24(34)22-14-15-23-26(29)30-17-31-33(22)23/h5-9,14-15,17-20,24-25,34-35H,10-13,16H2,1-4H3,(H,32,37)(H2,29,30,31)/t18-,19-,20-,24-,25-,28+,42?/m0/s1. The topological polar surface area (TPSA) is 180 Å². The molecule has 2 heterocycles. The van der Waals surface area contributed by atoms with Crippen LogP contribution in [0, 0.1) is 5.92 Å². The quantitative estimate of drug-likeness (QED) is 0.165. The van der Waals surface area contributed by atoms with E-state index in [0.29, 0.717) is 11.4 Å². The first-order valence-corrected chi connectivity index (χ1v) is 15.5. The summed E-state index contributed by atoms with van der Waals surface area (Å²) in [6, 6.07) is 10.4. The van der Waals surface area contributed by atoms with Crippen molar-refractivity contribution in [2.24, 2.45) is 5.92 Å². The molecule has 0 radical (unpaired) electrons. The van der Waals surface area contributed by atoms with Gasteiger partial charge in [0, 0.05) is 7.11 Å². The number of nitrogens with two attached hydrogens (primary N) is 1. The summed E-state index contributed by atoms with van der Waals surface area (Å²) < 4.78 is 38.1. The number of anilines is 1. The van der Waals surface area contributed by atoms with Crippen molar-refractivity contribution >= 4 is 25.1 Å². The molecule has 1 unspecified atom stereocenters. The van der Waals surface area contributed by atoms with Crippen molar-refractivity contribution in [1.29, 1.82) is 0 Å². The van der Waals surface area contributed by atoms with E-state index in [1.165, 1.54) is 31.8 Å². The molecule has 14 heteroatoms. The Hall–Kier alpha value is -3.06. The summed E-state index contributed by atoms with van der Waals surface area (Å²) >= 11 is 0. The molecular weight excluding hydrogens is 565 g/mol. The first-order chi connectivity index (χ1) is 19.9. The van der Waals surface area contributed by atoms with Crippen LogP contribution in [0.5, 0.6) is 5.75 Å². The van der Waals surface area contributed by atoms with E-state index in [9.17, 15) is 19.6 Å². The highest BCUT2D eigenvalue weighted by molar-refractivity contribution is 7.52. The molecule has 13 nitrogen and oxygen atoms in total. The summed E-state index contributed by atoms with van der Waals surface area (Å²) in [4.78, 5) is 16.8. The lowest BCUT2D eigenvalue weighted by Gasteiger charge is -2.36. The molecule has 1 aliphatic rings. The molecule has 1 aromatic carbocycles. The van der Waals surface area contributed by atoms with E-state index < -0.39 is 44.2 Å². The molecule has 1 fully saturated rings. The Morgan fingerprint density at radius 2 is 1.88 bits per heavy atom. The van der Waals surface area contributed by atoms with Crippen LogP contribution in [0.25, 0.3) is 5.52 Å². The van der Waals surface area contributed by atoms with Crippen LogP contribution in [0.2, 0.25) is 0 Å². The maximum atomic E-state index is 14.0. The average molecular weight is 606 g/mol. The van der Waals surface area contributed by atoms with Gasteiger partial charge in [0.2, 0.25) is 0 Å². The predicted octanol–water partition coefficient (Wildman–Crippen LogP) is 3.41. The van der Waals surface area contributed by atoms with Gasteiger partial charge in [0.1, 0.15) is 47.5 Å². The maximum absolute atomic E-state index is 14.0. The van der Waals surface area contributed by atoms with Gasteiger partial charge in [0.15, 0.2) is 5.82 Å². The fraction of sp³-hybridized carbons (Fsp3) is 0.536. The highest BCUT2D eigenvalue weighted by Gasteiger charge is 2.43. The number of aromatic nitrogens is 3. The third-order valence-electron chi connectivity index (χ3n) is 7.65. The monoisotopic (exact) mass is 605 g/mol. The van der Waals surface area contributed by atoms with Crippen LogP contribution in [0.3, 0.4) is 0 Å². The number of nitrogens with zero attached hydrogens (tertiary/aromatic N) is 3. The number of nitrogens with one attached hydrogen (secondary N) is 1. The van der Waals surface area contributed by atoms with Gasteiger partial charge in [-0.2, -0.15) is 10.2 Å². The molecule has 3 aromatic rings. The number of carbonyl (C=O) groups excluding carboxylic acids is 1. The second-order valence-electron chi connectivity index (χ2n) is 11.0. The van der Waals surface area contributed by atoms with Crippen molar-refractivity contribution < 1.29 is 38.1 Å². The van der Waals surface area contributed by atoms with Gasteiger partial charge < -0.3 is 29.9 Å². The van der Waals surface area contributed by atoms with Crippen molar-refractivity contribution in [1.82, 2.24) is 19.7 Å². The molecule has 0 spiro atoms. The molecule has 2 aromatic heterocycles. The minimum atomic E-state index is -4.27. The molecule has 0 bridgehead atoms. The van der Waals surface area contributed by atoms with Gasteiger partial charge in [-0.3, -0.25) is 9.32 Å². The van der Waals surface area contributed by atoms with Gasteiger partial charge in [-0.05, 0) is 69.7 Å². The lowest BCUT2D eigenvalue weighted by Crippen LogP contribution is -2.49. The van der Waals surface area contributed by atoms with E-state index >= 15 is 0 Å². The molecule has 1 aliphatic carbocycles. The second kappa shape index (κ2) is 13.5. The number of benzene rings is 1. The highest BCUT2D eigenvalue weighted by Crippen LogP contribution is 2.46. The SMILES string of the molecule is CO[C@](C)(COP(=O)(N[C@@H](C)C(=O)O[C@H]1CC[C@H](C)CC1)Oc1ccccc1)[C@@H](O)[C@@H](O)c1ccc2c(N)ncnn12. The van der Waals surface area contributed by atoms with Gasteiger partial charge in [-0.1, -0.05) is 25.1 Å². The Bertz CT molecular complexity index is 1380. The Labute approximate surface area is 244 Å². The molecule has 230 valence electrons. The lowest BCUT2D eigenvalue weighted by molar-refractivity contribution is -0.154. The first-order valence-electron chi connectivity index (χ1n) is 13.9. The number of methoxy groups -OCH3 is 1. The molecule has 4 rings (SSSR count). The van der Waals surface area contributed by atoms with Gasteiger partial charge >= 0.3 is 13.7 Å². The van der Waals surface area contributed by atoms with E-state index in [4.69, 9.17) is 24.3 Å². The minimum absolute atomic E-state index is 0.201. The predicted molar refractivity (Wildman–Crippen MR) is 155 cm³/mol. The molecule has 0 aliphatic heterocycles. The van der Waals surface area contributed by atoms with Gasteiger partial charge in [-0.25, -0.2) is 14.1 Å². The normalized spacial score (nSPS) is 22.4. The zero-order valence-corrected chi connectivity index (χ0v) is 25.1. The fourth-order valence-corrected chi connectivity index (χ4v) is 6.37. The number of aliphatic hydroxyl groups is 2. The van der Waals surface area contributed by atoms with Crippen LogP contribution in [-0.2, 0) is 23.4 Å². The number of esters is 1. The van der Waals surface area contributed by atoms with Crippen LogP contribution < -0.4 is 15.3 Å². The largest absolute Gasteiger partial charge is 0.461 e. The highest BCUT2D eigenvalue weighted by atomic mass is 31.2. The summed E-state index contributed by atoms with van der Waals surface area (Å²) in [7, 11) is -2.95. The summed E-state index contributed by atoms with van der Waals surface area (Å²) in [5, 5.41) is 29.1. The number of nitrogen functional groups attached to an aromatic ring is 1. The second-order valence-corrected chi connectivity index (χ2v) is 12.6.